The molecule has 0 amide bonds. The summed E-state index contributed by atoms with van der Waals surface area (Å²) in [6.45, 7) is 7.99. The molecule has 0 spiro atoms. The van der Waals surface area contributed by atoms with Crippen LogP contribution in [0.15, 0.2) is 16.7 Å². The Bertz CT molecular complexity index is 525. The molecule has 2 rings (SSSR count). The van der Waals surface area contributed by atoms with E-state index in [0.717, 1.165) is 42.3 Å². The maximum Gasteiger partial charge on any atom is 0.110 e. The van der Waals surface area contributed by atoms with Crippen LogP contribution in [0.2, 0.25) is 0 Å². The maximum atomic E-state index is 5.59. The predicted octanol–water partition coefficient (Wildman–Crippen LogP) is 2.80. The summed E-state index contributed by atoms with van der Waals surface area (Å²) in [5, 5.41) is 7.97. The van der Waals surface area contributed by atoms with Crippen molar-refractivity contribution in [3.05, 3.63) is 29.3 Å². The summed E-state index contributed by atoms with van der Waals surface area (Å²) in [5.74, 6) is 1.86. The number of hydrogen-bond acceptors (Lipinski definition) is 3. The highest BCUT2D eigenvalue weighted by molar-refractivity contribution is 5.65. The minimum absolute atomic E-state index is 0.848. The molecule has 0 atom stereocenters. The number of nitrogens with zero attached hydrogens (tertiary/aromatic N) is 2. The van der Waals surface area contributed by atoms with Crippen LogP contribution in [-0.2, 0) is 13.6 Å². The lowest BCUT2D eigenvalue weighted by molar-refractivity contribution is 0.505. The van der Waals surface area contributed by atoms with Crippen LogP contribution >= 0.6 is 0 Å². The molecule has 1 N–H and O–H groups in total. The van der Waals surface area contributed by atoms with Crippen molar-refractivity contribution in [1.82, 2.24) is 15.1 Å². The first-order valence-electron chi connectivity index (χ1n) is 6.42. The zero-order valence-electron chi connectivity index (χ0n) is 11.6. The second kappa shape index (κ2) is 5.40. The molecule has 0 aromatic carbocycles. The molecule has 0 saturated carbocycles. The van der Waals surface area contributed by atoms with Crippen LogP contribution in [0, 0.1) is 13.8 Å². The van der Waals surface area contributed by atoms with Gasteiger partial charge in [0.15, 0.2) is 0 Å². The average Bonchev–Trinajstić information content (AvgIpc) is 2.82. The van der Waals surface area contributed by atoms with E-state index in [9.17, 15) is 0 Å². The van der Waals surface area contributed by atoms with Crippen LogP contribution in [0.4, 0.5) is 0 Å². The van der Waals surface area contributed by atoms with Gasteiger partial charge >= 0.3 is 0 Å². The molecule has 4 heteroatoms. The highest BCUT2D eigenvalue weighted by Crippen LogP contribution is 2.28. The van der Waals surface area contributed by atoms with E-state index in [1.807, 2.05) is 25.6 Å². The van der Waals surface area contributed by atoms with Crippen LogP contribution in [0.1, 0.15) is 30.4 Å². The molecule has 0 aliphatic heterocycles. The molecule has 0 aliphatic rings. The van der Waals surface area contributed by atoms with Crippen molar-refractivity contribution in [3.63, 3.8) is 0 Å². The first kappa shape index (κ1) is 12.9. The number of aromatic nitrogens is 2. The van der Waals surface area contributed by atoms with Crippen molar-refractivity contribution in [2.75, 3.05) is 6.54 Å². The Morgan fingerprint density at radius 1 is 1.39 bits per heavy atom. The van der Waals surface area contributed by atoms with Crippen molar-refractivity contribution < 1.29 is 4.42 Å². The third-order valence-corrected chi connectivity index (χ3v) is 2.94. The van der Waals surface area contributed by atoms with Gasteiger partial charge in [-0.3, -0.25) is 4.68 Å². The van der Waals surface area contributed by atoms with Crippen molar-refractivity contribution in [2.24, 2.45) is 7.05 Å². The van der Waals surface area contributed by atoms with Gasteiger partial charge in [0.1, 0.15) is 17.2 Å². The van der Waals surface area contributed by atoms with E-state index in [0.29, 0.717) is 0 Å². The minimum atomic E-state index is 0.848. The van der Waals surface area contributed by atoms with Crippen LogP contribution < -0.4 is 5.32 Å². The fourth-order valence-electron chi connectivity index (χ4n) is 2.16. The maximum absolute atomic E-state index is 5.59. The fraction of sp³-hybridized carbons (Fsp3) is 0.500. The standard InChI is InChI=1S/C14H21N3O/c1-5-6-15-8-12-9-17(4)16-14(12)13-7-10(2)18-11(13)3/h7,9,15H,5-6,8H2,1-4H3. The summed E-state index contributed by atoms with van der Waals surface area (Å²) in [6, 6.07) is 2.06. The van der Waals surface area contributed by atoms with Gasteiger partial charge in [-0.1, -0.05) is 6.92 Å². The summed E-state index contributed by atoms with van der Waals surface area (Å²) < 4.78 is 7.45. The molecule has 0 fully saturated rings. The minimum Gasteiger partial charge on any atom is -0.466 e. The first-order chi connectivity index (χ1) is 8.61. The number of furan rings is 1. The van der Waals surface area contributed by atoms with Gasteiger partial charge < -0.3 is 9.73 Å². The van der Waals surface area contributed by atoms with E-state index < -0.39 is 0 Å². The molecule has 2 heterocycles. The molecular weight excluding hydrogens is 226 g/mol. The third-order valence-electron chi connectivity index (χ3n) is 2.94. The van der Waals surface area contributed by atoms with Crippen LogP contribution in [-0.4, -0.2) is 16.3 Å². The van der Waals surface area contributed by atoms with E-state index in [-0.39, 0.29) is 0 Å². The zero-order chi connectivity index (χ0) is 13.1. The summed E-state index contributed by atoms with van der Waals surface area (Å²) >= 11 is 0. The molecule has 2 aromatic heterocycles. The van der Waals surface area contributed by atoms with Gasteiger partial charge in [-0.2, -0.15) is 5.10 Å². The third kappa shape index (κ3) is 2.64. The zero-order valence-corrected chi connectivity index (χ0v) is 11.6. The lowest BCUT2D eigenvalue weighted by Gasteiger charge is -2.02. The molecule has 0 unspecified atom stereocenters. The van der Waals surface area contributed by atoms with E-state index in [4.69, 9.17) is 4.42 Å². The molecule has 2 aromatic rings. The predicted molar refractivity (Wildman–Crippen MR) is 72.4 cm³/mol. The average molecular weight is 247 g/mol. The molecule has 98 valence electrons. The van der Waals surface area contributed by atoms with Gasteiger partial charge in [0.2, 0.25) is 0 Å². The highest BCUT2D eigenvalue weighted by atomic mass is 16.3. The van der Waals surface area contributed by atoms with Gasteiger partial charge in [0, 0.05) is 30.9 Å². The Labute approximate surface area is 108 Å². The largest absolute Gasteiger partial charge is 0.466 e. The topological polar surface area (TPSA) is 43.0 Å². The molecule has 18 heavy (non-hydrogen) atoms. The Morgan fingerprint density at radius 3 is 2.78 bits per heavy atom. The Balaban J connectivity index is 2.29. The van der Waals surface area contributed by atoms with Crippen LogP contribution in [0.25, 0.3) is 11.3 Å². The summed E-state index contributed by atoms with van der Waals surface area (Å²) in [5.41, 5.74) is 3.34. The normalized spacial score (nSPS) is 11.1. The van der Waals surface area contributed by atoms with Crippen molar-refractivity contribution in [2.45, 2.75) is 33.7 Å². The summed E-state index contributed by atoms with van der Waals surface area (Å²) in [6.07, 6.45) is 3.21. The van der Waals surface area contributed by atoms with E-state index >= 15 is 0 Å². The number of aryl methyl sites for hydroxylation is 3. The molecule has 0 saturated heterocycles. The Morgan fingerprint density at radius 2 is 2.17 bits per heavy atom. The van der Waals surface area contributed by atoms with Gasteiger partial charge in [0.05, 0.1) is 0 Å². The molecule has 0 bridgehead atoms. The van der Waals surface area contributed by atoms with Gasteiger partial charge in [-0.05, 0) is 32.9 Å². The number of nitrogens with one attached hydrogen (secondary N) is 1. The second-order valence-corrected chi connectivity index (χ2v) is 4.68. The van der Waals surface area contributed by atoms with Crippen LogP contribution in [0.5, 0.6) is 0 Å². The van der Waals surface area contributed by atoms with Gasteiger partial charge in [-0.15, -0.1) is 0 Å². The number of rotatable bonds is 5. The van der Waals surface area contributed by atoms with Crippen LogP contribution in [0.3, 0.4) is 0 Å². The summed E-state index contributed by atoms with van der Waals surface area (Å²) in [4.78, 5) is 0. The monoisotopic (exact) mass is 247 g/mol. The number of hydrogen-bond donors (Lipinski definition) is 1. The van der Waals surface area contributed by atoms with Gasteiger partial charge in [0.25, 0.3) is 0 Å². The smallest absolute Gasteiger partial charge is 0.110 e. The quantitative estimate of drug-likeness (QED) is 0.826. The van der Waals surface area contributed by atoms with E-state index in [2.05, 4.69) is 29.6 Å². The lowest BCUT2D eigenvalue weighted by Crippen LogP contribution is -2.13. The molecule has 0 aliphatic carbocycles. The Hall–Kier alpha value is -1.55. The Kier molecular flexibility index (Phi) is 3.87. The van der Waals surface area contributed by atoms with E-state index in [1.165, 1.54) is 5.56 Å². The van der Waals surface area contributed by atoms with Crippen molar-refractivity contribution in [1.29, 1.82) is 0 Å². The SMILES string of the molecule is CCCNCc1cn(C)nc1-c1cc(C)oc1C. The second-order valence-electron chi connectivity index (χ2n) is 4.68. The van der Waals surface area contributed by atoms with E-state index in [1.54, 1.807) is 0 Å². The lowest BCUT2D eigenvalue weighted by atomic mass is 10.1. The van der Waals surface area contributed by atoms with Crippen molar-refractivity contribution in [3.8, 4) is 11.3 Å². The molecule has 4 nitrogen and oxygen atoms in total. The fourth-order valence-corrected chi connectivity index (χ4v) is 2.16. The molecule has 0 radical (unpaired) electrons. The molecular formula is C14H21N3O. The first-order valence-corrected chi connectivity index (χ1v) is 6.42. The summed E-state index contributed by atoms with van der Waals surface area (Å²) in [7, 11) is 1.95. The van der Waals surface area contributed by atoms with Gasteiger partial charge in [-0.25, -0.2) is 0 Å². The van der Waals surface area contributed by atoms with Crippen molar-refractivity contribution >= 4 is 0 Å². The highest BCUT2D eigenvalue weighted by Gasteiger charge is 2.15.